The first kappa shape index (κ1) is 15.2. The number of aryl methyl sites for hydroxylation is 1. The molecule has 0 spiro atoms. The predicted octanol–water partition coefficient (Wildman–Crippen LogP) is 1.43. The van der Waals surface area contributed by atoms with Crippen LogP contribution in [0.3, 0.4) is 0 Å². The Labute approximate surface area is 109 Å². The van der Waals surface area contributed by atoms with Gasteiger partial charge in [0.15, 0.2) is 0 Å². The van der Waals surface area contributed by atoms with Gasteiger partial charge in [-0.2, -0.15) is 0 Å². The van der Waals surface area contributed by atoms with Crippen LogP contribution in [0.25, 0.3) is 0 Å². The van der Waals surface area contributed by atoms with Crippen molar-refractivity contribution in [1.29, 1.82) is 0 Å². The van der Waals surface area contributed by atoms with E-state index in [4.69, 9.17) is 5.73 Å². The maximum Gasteiger partial charge on any atom is 0.242 e. The lowest BCUT2D eigenvalue weighted by Gasteiger charge is -2.19. The van der Waals surface area contributed by atoms with Gasteiger partial charge >= 0.3 is 0 Å². The van der Waals surface area contributed by atoms with E-state index in [0.717, 1.165) is 18.7 Å². The van der Waals surface area contributed by atoms with Gasteiger partial charge < -0.3 is 10.3 Å². The van der Waals surface area contributed by atoms with E-state index in [-0.39, 0.29) is 4.90 Å². The summed E-state index contributed by atoms with van der Waals surface area (Å²) in [5.41, 5.74) is 5.98. The lowest BCUT2D eigenvalue weighted by Crippen LogP contribution is -2.40. The van der Waals surface area contributed by atoms with Crippen LogP contribution in [0.1, 0.15) is 39.8 Å². The smallest absolute Gasteiger partial charge is 0.242 e. The van der Waals surface area contributed by atoms with E-state index in [0.29, 0.717) is 6.54 Å². The molecule has 5 nitrogen and oxygen atoms in total. The summed E-state index contributed by atoms with van der Waals surface area (Å²) in [5.74, 6) is 0. The SMILES string of the molecule is CCCn1cc(S(=O)(=O)NC(C)(C)C)cc1CN. The van der Waals surface area contributed by atoms with Crippen molar-refractivity contribution in [1.82, 2.24) is 9.29 Å². The topological polar surface area (TPSA) is 77.1 Å². The molecule has 0 aliphatic carbocycles. The van der Waals surface area contributed by atoms with E-state index in [2.05, 4.69) is 4.72 Å². The third kappa shape index (κ3) is 3.83. The second kappa shape index (κ2) is 5.42. The molecule has 18 heavy (non-hydrogen) atoms. The molecule has 0 saturated heterocycles. The second-order valence-electron chi connectivity index (χ2n) is 5.42. The fourth-order valence-corrected chi connectivity index (χ4v) is 3.24. The van der Waals surface area contributed by atoms with Crippen molar-refractivity contribution in [3.05, 3.63) is 18.0 Å². The van der Waals surface area contributed by atoms with Gasteiger partial charge in [-0.05, 0) is 33.3 Å². The summed E-state index contributed by atoms with van der Waals surface area (Å²) in [6, 6.07) is 1.64. The average Bonchev–Trinajstić information content (AvgIpc) is 2.58. The minimum absolute atomic E-state index is 0.284. The zero-order valence-electron chi connectivity index (χ0n) is 11.5. The summed E-state index contributed by atoms with van der Waals surface area (Å²) in [6.07, 6.45) is 2.59. The van der Waals surface area contributed by atoms with Crippen molar-refractivity contribution < 1.29 is 8.42 Å². The molecule has 104 valence electrons. The largest absolute Gasteiger partial charge is 0.349 e. The fraction of sp³-hybridized carbons (Fsp3) is 0.667. The number of nitrogens with two attached hydrogens (primary N) is 1. The van der Waals surface area contributed by atoms with Crippen molar-refractivity contribution in [2.24, 2.45) is 5.73 Å². The van der Waals surface area contributed by atoms with Crippen LogP contribution in [0.2, 0.25) is 0 Å². The number of nitrogens with one attached hydrogen (secondary N) is 1. The monoisotopic (exact) mass is 273 g/mol. The van der Waals surface area contributed by atoms with E-state index in [9.17, 15) is 8.42 Å². The van der Waals surface area contributed by atoms with Crippen LogP contribution in [0, 0.1) is 0 Å². The van der Waals surface area contributed by atoms with E-state index >= 15 is 0 Å². The number of hydrogen-bond acceptors (Lipinski definition) is 3. The molecule has 3 N–H and O–H groups in total. The first-order valence-electron chi connectivity index (χ1n) is 6.12. The van der Waals surface area contributed by atoms with E-state index in [1.54, 1.807) is 12.3 Å². The molecular weight excluding hydrogens is 250 g/mol. The third-order valence-electron chi connectivity index (χ3n) is 2.39. The molecule has 0 fully saturated rings. The molecule has 1 aromatic rings. The van der Waals surface area contributed by atoms with E-state index in [1.165, 1.54) is 0 Å². The van der Waals surface area contributed by atoms with Crippen LogP contribution in [-0.4, -0.2) is 18.5 Å². The average molecular weight is 273 g/mol. The van der Waals surface area contributed by atoms with Gasteiger partial charge in [0, 0.05) is 30.5 Å². The Morgan fingerprint density at radius 2 is 2.00 bits per heavy atom. The van der Waals surface area contributed by atoms with Gasteiger partial charge in [0.25, 0.3) is 0 Å². The normalized spacial score (nSPS) is 12.9. The minimum Gasteiger partial charge on any atom is -0.349 e. The van der Waals surface area contributed by atoms with Crippen molar-refractivity contribution in [2.45, 2.75) is 57.6 Å². The Hall–Kier alpha value is -0.850. The summed E-state index contributed by atoms with van der Waals surface area (Å²) >= 11 is 0. The number of rotatable bonds is 5. The molecular formula is C12H23N3O2S. The van der Waals surface area contributed by atoms with Crippen molar-refractivity contribution in [3.63, 3.8) is 0 Å². The van der Waals surface area contributed by atoms with E-state index in [1.807, 2.05) is 32.3 Å². The van der Waals surface area contributed by atoms with Crippen LogP contribution in [-0.2, 0) is 23.1 Å². The van der Waals surface area contributed by atoms with Crippen LogP contribution in [0.5, 0.6) is 0 Å². The Morgan fingerprint density at radius 1 is 1.39 bits per heavy atom. The second-order valence-corrected chi connectivity index (χ2v) is 7.10. The van der Waals surface area contributed by atoms with Crippen LogP contribution in [0.4, 0.5) is 0 Å². The van der Waals surface area contributed by atoms with Gasteiger partial charge in [-0.25, -0.2) is 13.1 Å². The van der Waals surface area contributed by atoms with Gasteiger partial charge in [0.1, 0.15) is 0 Å². The number of sulfonamides is 1. The van der Waals surface area contributed by atoms with Crippen LogP contribution in [0.15, 0.2) is 17.2 Å². The zero-order chi connectivity index (χ0) is 14.0. The Morgan fingerprint density at radius 3 is 2.44 bits per heavy atom. The Kier molecular flexibility index (Phi) is 4.58. The lowest BCUT2D eigenvalue weighted by molar-refractivity contribution is 0.491. The summed E-state index contributed by atoms with van der Waals surface area (Å²) in [4.78, 5) is 0.284. The molecule has 1 aromatic heterocycles. The first-order chi connectivity index (χ1) is 8.19. The summed E-state index contributed by atoms with van der Waals surface area (Å²) in [6.45, 7) is 8.61. The number of hydrogen-bond donors (Lipinski definition) is 2. The van der Waals surface area contributed by atoms with Gasteiger partial charge in [-0.1, -0.05) is 6.92 Å². The summed E-state index contributed by atoms with van der Waals surface area (Å²) in [5, 5.41) is 0. The van der Waals surface area contributed by atoms with Gasteiger partial charge in [-0.3, -0.25) is 0 Å². The quantitative estimate of drug-likeness (QED) is 0.852. The molecule has 0 aliphatic rings. The first-order valence-corrected chi connectivity index (χ1v) is 7.61. The Bertz CT molecular complexity index is 498. The van der Waals surface area contributed by atoms with Gasteiger partial charge in [0.05, 0.1) is 4.90 Å². The standard InChI is InChI=1S/C12H23N3O2S/c1-5-6-15-9-11(7-10(15)8-13)18(16,17)14-12(2,3)4/h7,9,14H,5-6,8,13H2,1-4H3. The molecule has 1 heterocycles. The summed E-state index contributed by atoms with van der Waals surface area (Å²) < 4.78 is 28.9. The molecule has 0 aromatic carbocycles. The molecule has 0 atom stereocenters. The molecule has 0 unspecified atom stereocenters. The molecule has 0 saturated carbocycles. The highest BCUT2D eigenvalue weighted by Gasteiger charge is 2.23. The maximum absolute atomic E-state index is 12.2. The number of nitrogens with zero attached hydrogens (tertiary/aromatic N) is 1. The highest BCUT2D eigenvalue weighted by molar-refractivity contribution is 7.89. The lowest BCUT2D eigenvalue weighted by atomic mass is 10.1. The van der Waals surface area contributed by atoms with Crippen LogP contribution < -0.4 is 10.5 Å². The highest BCUT2D eigenvalue weighted by atomic mass is 32.2. The molecule has 6 heteroatoms. The molecule has 1 rings (SSSR count). The molecule has 0 radical (unpaired) electrons. The van der Waals surface area contributed by atoms with Crippen LogP contribution >= 0.6 is 0 Å². The van der Waals surface area contributed by atoms with Crippen molar-refractivity contribution in [2.75, 3.05) is 0 Å². The molecule has 0 bridgehead atoms. The molecule has 0 aliphatic heterocycles. The minimum atomic E-state index is -3.47. The predicted molar refractivity (Wildman–Crippen MR) is 72.7 cm³/mol. The number of aromatic nitrogens is 1. The third-order valence-corrected chi connectivity index (χ3v) is 4.11. The molecule has 0 amide bonds. The van der Waals surface area contributed by atoms with Crippen molar-refractivity contribution in [3.8, 4) is 0 Å². The van der Waals surface area contributed by atoms with Gasteiger partial charge in [0.2, 0.25) is 10.0 Å². The highest BCUT2D eigenvalue weighted by Crippen LogP contribution is 2.17. The maximum atomic E-state index is 12.2. The fourth-order valence-electron chi connectivity index (χ4n) is 1.76. The van der Waals surface area contributed by atoms with Crippen molar-refractivity contribution >= 4 is 10.0 Å². The zero-order valence-corrected chi connectivity index (χ0v) is 12.3. The summed E-state index contributed by atoms with van der Waals surface area (Å²) in [7, 11) is -3.47. The van der Waals surface area contributed by atoms with E-state index < -0.39 is 15.6 Å². The Balaban J connectivity index is 3.10. The van der Waals surface area contributed by atoms with Gasteiger partial charge in [-0.15, -0.1) is 0 Å².